The van der Waals surface area contributed by atoms with Crippen LogP contribution in [0.4, 0.5) is 5.69 Å². The van der Waals surface area contributed by atoms with Crippen LogP contribution in [-0.4, -0.2) is 12.0 Å². The number of nitrogens with one attached hydrogen (secondary N) is 1. The maximum Gasteiger partial charge on any atom is 0.336 e. The summed E-state index contributed by atoms with van der Waals surface area (Å²) < 4.78 is 10.8. The monoisotopic (exact) mass is 391 g/mol. The zero-order chi connectivity index (χ0) is 18.8. The third-order valence-corrected chi connectivity index (χ3v) is 4.17. The predicted octanol–water partition coefficient (Wildman–Crippen LogP) is 4.81. The van der Waals surface area contributed by atoms with Crippen molar-refractivity contribution in [2.24, 2.45) is 0 Å². The van der Waals surface area contributed by atoms with Crippen molar-refractivity contribution in [1.82, 2.24) is 0 Å². The average molecular weight is 392 g/mol. The van der Waals surface area contributed by atoms with Gasteiger partial charge in [-0.1, -0.05) is 23.2 Å². The first kappa shape index (κ1) is 18.3. The highest BCUT2D eigenvalue weighted by atomic mass is 35.5. The molecule has 2 aromatic carbocycles. The Balaban J connectivity index is 1.76. The number of fused-ring (bicyclic) bond motifs is 1. The lowest BCUT2D eigenvalue weighted by Crippen LogP contribution is -2.30. The van der Waals surface area contributed by atoms with Crippen LogP contribution in [0.2, 0.25) is 10.0 Å². The fourth-order valence-corrected chi connectivity index (χ4v) is 3.03. The van der Waals surface area contributed by atoms with E-state index in [1.54, 1.807) is 43.3 Å². The van der Waals surface area contributed by atoms with Gasteiger partial charge in [-0.05, 0) is 49.7 Å². The van der Waals surface area contributed by atoms with Crippen LogP contribution in [-0.2, 0) is 4.79 Å². The second-order valence-electron chi connectivity index (χ2n) is 5.81. The summed E-state index contributed by atoms with van der Waals surface area (Å²) in [6.45, 7) is 3.43. The van der Waals surface area contributed by atoms with Gasteiger partial charge in [0.15, 0.2) is 6.10 Å². The molecule has 0 aliphatic rings. The minimum atomic E-state index is -0.790. The van der Waals surface area contributed by atoms with Crippen molar-refractivity contribution in [3.8, 4) is 5.75 Å². The Labute approximate surface area is 159 Å². The van der Waals surface area contributed by atoms with Gasteiger partial charge in [-0.15, -0.1) is 0 Å². The number of benzene rings is 2. The van der Waals surface area contributed by atoms with Gasteiger partial charge < -0.3 is 14.5 Å². The second kappa shape index (κ2) is 7.40. The number of carbonyl (C=O) groups is 1. The lowest BCUT2D eigenvalue weighted by Gasteiger charge is -2.15. The van der Waals surface area contributed by atoms with Gasteiger partial charge in [0.1, 0.15) is 11.3 Å². The molecular weight excluding hydrogens is 377 g/mol. The minimum absolute atomic E-state index is 0.367. The fraction of sp³-hybridized carbons (Fsp3) is 0.158. The van der Waals surface area contributed by atoms with Crippen LogP contribution in [0.1, 0.15) is 12.5 Å². The van der Waals surface area contributed by atoms with Crippen LogP contribution in [0.3, 0.4) is 0 Å². The summed E-state index contributed by atoms with van der Waals surface area (Å²) in [6, 6.07) is 11.3. The van der Waals surface area contributed by atoms with E-state index in [1.165, 1.54) is 6.07 Å². The summed E-state index contributed by atoms with van der Waals surface area (Å²) in [4.78, 5) is 23.8. The van der Waals surface area contributed by atoms with Crippen LogP contribution >= 0.6 is 23.2 Å². The molecule has 0 aliphatic heterocycles. The van der Waals surface area contributed by atoms with Gasteiger partial charge in [-0.25, -0.2) is 4.79 Å². The van der Waals surface area contributed by atoms with Crippen LogP contribution in [0, 0.1) is 6.92 Å². The Morgan fingerprint density at radius 2 is 1.81 bits per heavy atom. The first-order chi connectivity index (χ1) is 12.3. The maximum atomic E-state index is 12.3. The summed E-state index contributed by atoms with van der Waals surface area (Å²) >= 11 is 11.8. The molecular formula is C19H15Cl2NO4. The zero-order valence-corrected chi connectivity index (χ0v) is 15.5. The van der Waals surface area contributed by atoms with E-state index in [0.717, 1.165) is 10.9 Å². The third kappa shape index (κ3) is 4.18. The molecule has 3 rings (SSSR count). The van der Waals surface area contributed by atoms with Crippen LogP contribution in [0.15, 0.2) is 51.7 Å². The normalized spacial score (nSPS) is 12.0. The molecule has 1 amide bonds. The minimum Gasteiger partial charge on any atom is -0.481 e. The van der Waals surface area contributed by atoms with Crippen molar-refractivity contribution in [2.45, 2.75) is 20.0 Å². The molecule has 134 valence electrons. The first-order valence-electron chi connectivity index (χ1n) is 7.80. The predicted molar refractivity (Wildman–Crippen MR) is 102 cm³/mol. The quantitative estimate of drug-likeness (QED) is 0.647. The summed E-state index contributed by atoms with van der Waals surface area (Å²) in [5.41, 5.74) is 1.26. The molecule has 0 fully saturated rings. The van der Waals surface area contributed by atoms with Crippen molar-refractivity contribution >= 4 is 45.8 Å². The van der Waals surface area contributed by atoms with Crippen molar-refractivity contribution in [3.63, 3.8) is 0 Å². The zero-order valence-electron chi connectivity index (χ0n) is 14.0. The van der Waals surface area contributed by atoms with Gasteiger partial charge in [0.2, 0.25) is 0 Å². The van der Waals surface area contributed by atoms with Crippen LogP contribution < -0.4 is 15.7 Å². The molecule has 0 spiro atoms. The molecule has 1 aromatic heterocycles. The Kier molecular flexibility index (Phi) is 5.20. The second-order valence-corrected chi connectivity index (χ2v) is 6.69. The van der Waals surface area contributed by atoms with Crippen molar-refractivity contribution in [2.75, 3.05) is 5.32 Å². The van der Waals surface area contributed by atoms with E-state index < -0.39 is 11.7 Å². The smallest absolute Gasteiger partial charge is 0.336 e. The summed E-state index contributed by atoms with van der Waals surface area (Å²) in [5.74, 6) is 0.0483. The SMILES string of the molecule is Cc1cc(=O)oc2cc(O[C@@H](C)C(=O)Nc3cc(Cl)cc(Cl)c3)ccc12. The first-order valence-corrected chi connectivity index (χ1v) is 8.55. The molecule has 1 heterocycles. The van der Waals surface area contributed by atoms with Gasteiger partial charge in [0.05, 0.1) is 0 Å². The average Bonchev–Trinajstić information content (AvgIpc) is 2.53. The van der Waals surface area contributed by atoms with Crippen LogP contribution in [0.5, 0.6) is 5.75 Å². The van der Waals surface area contributed by atoms with E-state index >= 15 is 0 Å². The van der Waals surface area contributed by atoms with Crippen molar-refractivity contribution in [3.05, 3.63) is 68.5 Å². The number of ether oxygens (including phenoxy) is 1. The molecule has 0 bridgehead atoms. The molecule has 26 heavy (non-hydrogen) atoms. The number of aryl methyl sites for hydroxylation is 1. The number of anilines is 1. The molecule has 7 heteroatoms. The molecule has 3 aromatic rings. The molecule has 0 radical (unpaired) electrons. The topological polar surface area (TPSA) is 68.5 Å². The molecule has 1 atom stereocenters. The van der Waals surface area contributed by atoms with E-state index in [-0.39, 0.29) is 5.91 Å². The summed E-state index contributed by atoms with van der Waals surface area (Å²) in [5, 5.41) is 4.34. The van der Waals surface area contributed by atoms with Gasteiger partial charge >= 0.3 is 5.63 Å². The lowest BCUT2D eigenvalue weighted by molar-refractivity contribution is -0.122. The largest absolute Gasteiger partial charge is 0.481 e. The van der Waals surface area contributed by atoms with E-state index in [0.29, 0.717) is 27.1 Å². The maximum absolute atomic E-state index is 12.3. The molecule has 0 unspecified atom stereocenters. The lowest BCUT2D eigenvalue weighted by atomic mass is 10.1. The molecule has 0 aliphatic carbocycles. The molecule has 0 saturated heterocycles. The van der Waals surface area contributed by atoms with Crippen LogP contribution in [0.25, 0.3) is 11.0 Å². The van der Waals surface area contributed by atoms with E-state index in [2.05, 4.69) is 5.32 Å². The Morgan fingerprint density at radius 1 is 1.12 bits per heavy atom. The van der Waals surface area contributed by atoms with E-state index in [9.17, 15) is 9.59 Å². The number of amides is 1. The number of hydrogen-bond acceptors (Lipinski definition) is 4. The van der Waals surface area contributed by atoms with Crippen molar-refractivity contribution < 1.29 is 13.9 Å². The Bertz CT molecular complexity index is 1030. The summed E-state index contributed by atoms with van der Waals surface area (Å²) in [7, 11) is 0. The van der Waals surface area contributed by atoms with Gasteiger partial charge in [0, 0.05) is 33.3 Å². The highest BCUT2D eigenvalue weighted by molar-refractivity contribution is 6.35. The number of halogens is 2. The Hall–Kier alpha value is -2.50. The van der Waals surface area contributed by atoms with Gasteiger partial charge in [-0.3, -0.25) is 4.79 Å². The van der Waals surface area contributed by atoms with E-state index in [4.69, 9.17) is 32.4 Å². The molecule has 0 saturated carbocycles. The van der Waals surface area contributed by atoms with Crippen molar-refractivity contribution in [1.29, 1.82) is 0 Å². The van der Waals surface area contributed by atoms with Gasteiger partial charge in [-0.2, -0.15) is 0 Å². The third-order valence-electron chi connectivity index (χ3n) is 3.74. The standard InChI is InChI=1S/C19H15Cl2NO4/c1-10-5-18(23)26-17-9-15(3-4-16(10)17)25-11(2)19(24)22-14-7-12(20)6-13(21)8-14/h3-9,11H,1-2H3,(H,22,24)/t11-/m0/s1. The fourth-order valence-electron chi connectivity index (χ4n) is 2.51. The summed E-state index contributed by atoms with van der Waals surface area (Å²) in [6.07, 6.45) is -0.790. The Morgan fingerprint density at radius 3 is 2.50 bits per heavy atom. The molecule has 1 N–H and O–H groups in total. The molecule has 5 nitrogen and oxygen atoms in total. The van der Waals surface area contributed by atoms with Gasteiger partial charge in [0.25, 0.3) is 5.91 Å². The number of carbonyl (C=O) groups excluding carboxylic acids is 1. The van der Waals surface area contributed by atoms with E-state index in [1.807, 2.05) is 6.92 Å². The highest BCUT2D eigenvalue weighted by Gasteiger charge is 2.16. The number of rotatable bonds is 4. The highest BCUT2D eigenvalue weighted by Crippen LogP contribution is 2.24. The number of hydrogen-bond donors (Lipinski definition) is 1.